The fraction of sp³-hybridized carbons (Fsp3) is 1.00. The van der Waals surface area contributed by atoms with Gasteiger partial charge in [-0.25, -0.2) is 0 Å². The Morgan fingerprint density at radius 2 is 2.06 bits per heavy atom. The molecule has 2 aliphatic rings. The van der Waals surface area contributed by atoms with Crippen molar-refractivity contribution in [1.29, 1.82) is 0 Å². The predicted octanol–water partition coefficient (Wildman–Crippen LogP) is 1.06. The minimum absolute atomic E-state index is 0.0478. The number of hydrogen-bond donors (Lipinski definition) is 2. The maximum Gasteiger partial charge on any atom is 0.0583 e. The van der Waals surface area contributed by atoms with E-state index in [0.29, 0.717) is 5.92 Å². The highest BCUT2D eigenvalue weighted by Crippen LogP contribution is 2.39. The zero-order chi connectivity index (χ0) is 11.9. The van der Waals surface area contributed by atoms with Crippen molar-refractivity contribution in [3.63, 3.8) is 0 Å². The summed E-state index contributed by atoms with van der Waals surface area (Å²) < 4.78 is 0. The van der Waals surface area contributed by atoms with Gasteiger partial charge in [-0.3, -0.25) is 0 Å². The summed E-state index contributed by atoms with van der Waals surface area (Å²) >= 11 is 0. The fourth-order valence-corrected chi connectivity index (χ4v) is 3.18. The minimum atomic E-state index is -0.0478. The van der Waals surface area contributed by atoms with Gasteiger partial charge < -0.3 is 15.7 Å². The van der Waals surface area contributed by atoms with Crippen molar-refractivity contribution in [2.75, 3.05) is 19.6 Å². The van der Waals surface area contributed by atoms with Gasteiger partial charge in [-0.1, -0.05) is 13.8 Å². The third kappa shape index (κ3) is 2.27. The number of aliphatic hydroxyl groups excluding tert-OH is 1. The Hall–Kier alpha value is -0.120. The van der Waals surface area contributed by atoms with Gasteiger partial charge >= 0.3 is 0 Å². The summed E-state index contributed by atoms with van der Waals surface area (Å²) in [5, 5.41) is 9.87. The highest BCUT2D eigenvalue weighted by atomic mass is 16.3. The molecule has 1 aliphatic carbocycles. The number of nitrogens with zero attached hydrogens (tertiary/aromatic N) is 1. The number of rotatable bonds is 3. The van der Waals surface area contributed by atoms with Crippen molar-refractivity contribution in [3.05, 3.63) is 0 Å². The molecule has 3 nitrogen and oxygen atoms in total. The van der Waals surface area contributed by atoms with E-state index in [1.807, 2.05) is 0 Å². The summed E-state index contributed by atoms with van der Waals surface area (Å²) in [6.07, 6.45) is 2.18. The van der Waals surface area contributed by atoms with Gasteiger partial charge in [0.05, 0.1) is 6.10 Å². The van der Waals surface area contributed by atoms with Gasteiger partial charge in [-0.2, -0.15) is 0 Å². The van der Waals surface area contributed by atoms with Crippen LogP contribution in [0.1, 0.15) is 33.6 Å². The zero-order valence-electron chi connectivity index (χ0n) is 10.8. The van der Waals surface area contributed by atoms with Crippen LogP contribution in [0.2, 0.25) is 0 Å². The van der Waals surface area contributed by atoms with Gasteiger partial charge in [-0.15, -0.1) is 0 Å². The molecule has 4 atom stereocenters. The first-order valence-electron chi connectivity index (χ1n) is 6.56. The Labute approximate surface area is 99.0 Å². The van der Waals surface area contributed by atoms with Crippen molar-refractivity contribution < 1.29 is 5.11 Å². The molecule has 1 heterocycles. The van der Waals surface area contributed by atoms with Crippen molar-refractivity contribution in [2.45, 2.75) is 45.8 Å². The van der Waals surface area contributed by atoms with Crippen molar-refractivity contribution >= 4 is 0 Å². The zero-order valence-corrected chi connectivity index (χ0v) is 10.8. The molecule has 1 aliphatic heterocycles. The van der Waals surface area contributed by atoms with Crippen molar-refractivity contribution in [1.82, 2.24) is 4.90 Å². The standard InChI is InChI=1S/C13H26N2O/c1-9(14)13(2,3)8-15-6-10-4-5-12(16)11(10)7-15/h9-12,16H,4-8,14H2,1-3H3. The first-order valence-corrected chi connectivity index (χ1v) is 6.56. The molecule has 4 unspecified atom stereocenters. The van der Waals surface area contributed by atoms with Crippen LogP contribution < -0.4 is 5.73 Å². The van der Waals surface area contributed by atoms with E-state index in [-0.39, 0.29) is 17.6 Å². The largest absolute Gasteiger partial charge is 0.393 e. The van der Waals surface area contributed by atoms with E-state index in [9.17, 15) is 5.11 Å². The smallest absolute Gasteiger partial charge is 0.0583 e. The molecule has 3 N–H and O–H groups in total. The molecule has 0 amide bonds. The van der Waals surface area contributed by atoms with Crippen LogP contribution in [0.15, 0.2) is 0 Å². The average molecular weight is 226 g/mol. The number of aliphatic hydroxyl groups is 1. The molecular weight excluding hydrogens is 200 g/mol. The molecule has 1 saturated carbocycles. The lowest BCUT2D eigenvalue weighted by molar-refractivity contribution is 0.114. The molecule has 0 aromatic carbocycles. The third-order valence-corrected chi connectivity index (χ3v) is 4.76. The first kappa shape index (κ1) is 12.3. The molecule has 0 aromatic rings. The van der Waals surface area contributed by atoms with Gasteiger partial charge in [0.15, 0.2) is 0 Å². The molecule has 16 heavy (non-hydrogen) atoms. The van der Waals surface area contributed by atoms with Crippen LogP contribution in [0.4, 0.5) is 0 Å². The lowest BCUT2D eigenvalue weighted by atomic mass is 9.85. The highest BCUT2D eigenvalue weighted by molar-refractivity contribution is 4.95. The average Bonchev–Trinajstić information content (AvgIpc) is 2.68. The lowest BCUT2D eigenvalue weighted by Crippen LogP contribution is -2.44. The van der Waals surface area contributed by atoms with Crippen LogP contribution in [0.5, 0.6) is 0 Å². The second-order valence-corrected chi connectivity index (χ2v) is 6.54. The molecule has 2 rings (SSSR count). The maximum absolute atomic E-state index is 9.87. The summed E-state index contributed by atoms with van der Waals surface area (Å²) in [5.41, 5.74) is 6.19. The summed E-state index contributed by atoms with van der Waals surface area (Å²) in [6, 6.07) is 0.220. The van der Waals surface area contributed by atoms with Gasteiger partial charge in [0, 0.05) is 31.6 Å². The number of fused-ring (bicyclic) bond motifs is 1. The fourth-order valence-electron chi connectivity index (χ4n) is 3.18. The van der Waals surface area contributed by atoms with E-state index in [0.717, 1.165) is 32.0 Å². The highest BCUT2D eigenvalue weighted by Gasteiger charge is 2.43. The Kier molecular flexibility index (Phi) is 3.30. The predicted molar refractivity (Wildman–Crippen MR) is 66.1 cm³/mol. The van der Waals surface area contributed by atoms with Crippen molar-refractivity contribution in [3.8, 4) is 0 Å². The quantitative estimate of drug-likeness (QED) is 0.756. The van der Waals surface area contributed by atoms with Crippen LogP contribution in [0.3, 0.4) is 0 Å². The van der Waals surface area contributed by atoms with E-state index >= 15 is 0 Å². The molecule has 0 bridgehead atoms. The summed E-state index contributed by atoms with van der Waals surface area (Å²) in [6.45, 7) is 9.86. The number of hydrogen-bond acceptors (Lipinski definition) is 3. The summed E-state index contributed by atoms with van der Waals surface area (Å²) in [5.74, 6) is 1.27. The van der Waals surface area contributed by atoms with E-state index < -0.39 is 0 Å². The van der Waals surface area contributed by atoms with E-state index in [1.54, 1.807) is 0 Å². The Bertz CT molecular complexity index is 252. The number of nitrogens with two attached hydrogens (primary N) is 1. The first-order chi connectivity index (χ1) is 7.40. The summed E-state index contributed by atoms with van der Waals surface area (Å²) in [4.78, 5) is 2.50. The molecule has 3 heteroatoms. The monoisotopic (exact) mass is 226 g/mol. The van der Waals surface area contributed by atoms with Crippen LogP contribution in [-0.4, -0.2) is 41.8 Å². The topological polar surface area (TPSA) is 49.5 Å². The summed E-state index contributed by atoms with van der Waals surface area (Å²) in [7, 11) is 0. The SMILES string of the molecule is CC(N)C(C)(C)CN1CC2CCC(O)C2C1. The minimum Gasteiger partial charge on any atom is -0.393 e. The molecule has 94 valence electrons. The Balaban J connectivity index is 1.90. The Morgan fingerprint density at radius 3 is 2.62 bits per heavy atom. The van der Waals surface area contributed by atoms with E-state index in [4.69, 9.17) is 5.73 Å². The van der Waals surface area contributed by atoms with Gasteiger partial charge in [0.25, 0.3) is 0 Å². The van der Waals surface area contributed by atoms with Crippen LogP contribution in [0, 0.1) is 17.3 Å². The van der Waals surface area contributed by atoms with E-state index in [2.05, 4.69) is 25.7 Å². The van der Waals surface area contributed by atoms with E-state index in [1.165, 1.54) is 6.42 Å². The molecule has 1 saturated heterocycles. The van der Waals surface area contributed by atoms with Crippen molar-refractivity contribution in [2.24, 2.45) is 23.0 Å². The van der Waals surface area contributed by atoms with Gasteiger partial charge in [0.2, 0.25) is 0 Å². The van der Waals surface area contributed by atoms with Gasteiger partial charge in [-0.05, 0) is 31.1 Å². The molecule has 0 radical (unpaired) electrons. The van der Waals surface area contributed by atoms with Crippen LogP contribution in [-0.2, 0) is 0 Å². The maximum atomic E-state index is 9.87. The Morgan fingerprint density at radius 1 is 1.38 bits per heavy atom. The molecule has 2 fully saturated rings. The molecule has 0 aromatic heterocycles. The third-order valence-electron chi connectivity index (χ3n) is 4.76. The molecular formula is C13H26N2O. The van der Waals surface area contributed by atoms with Crippen LogP contribution in [0.25, 0.3) is 0 Å². The molecule has 0 spiro atoms. The van der Waals surface area contributed by atoms with Gasteiger partial charge in [0.1, 0.15) is 0 Å². The second-order valence-electron chi connectivity index (χ2n) is 6.54. The lowest BCUT2D eigenvalue weighted by Gasteiger charge is -2.34. The second kappa shape index (κ2) is 4.28. The normalized spacial score (nSPS) is 37.7. The number of likely N-dealkylation sites (tertiary alicyclic amines) is 1. The van der Waals surface area contributed by atoms with Crippen LogP contribution >= 0.6 is 0 Å².